The van der Waals surface area contributed by atoms with Gasteiger partial charge in [0.05, 0.1) is 10.7 Å². The lowest BCUT2D eigenvalue weighted by molar-refractivity contribution is -0.143. The van der Waals surface area contributed by atoms with Crippen LogP contribution in [0.2, 0.25) is 5.02 Å². The molecular formula is C28H38ClN3O4. The second-order valence-corrected chi connectivity index (χ2v) is 10.8. The summed E-state index contributed by atoms with van der Waals surface area (Å²) in [6, 6.07) is 12.2. The number of alkyl carbamates (subject to hydrolysis) is 1. The molecule has 2 N–H and O–H groups in total. The highest BCUT2D eigenvalue weighted by Crippen LogP contribution is 2.30. The number of rotatable bonds is 8. The van der Waals surface area contributed by atoms with E-state index in [1.165, 1.54) is 4.90 Å². The van der Waals surface area contributed by atoms with E-state index in [1.807, 2.05) is 65.0 Å². The van der Waals surface area contributed by atoms with Crippen molar-refractivity contribution in [3.05, 3.63) is 64.7 Å². The van der Waals surface area contributed by atoms with Crippen LogP contribution in [0.25, 0.3) is 0 Å². The Hall–Kier alpha value is -3.06. The van der Waals surface area contributed by atoms with Crippen LogP contribution in [0, 0.1) is 12.8 Å². The van der Waals surface area contributed by atoms with Gasteiger partial charge in [-0.15, -0.1) is 0 Å². The van der Waals surface area contributed by atoms with Crippen LogP contribution in [0.4, 0.5) is 10.5 Å². The number of anilines is 1. The molecule has 0 aliphatic carbocycles. The number of amides is 3. The fraction of sp³-hybridized carbons (Fsp3) is 0.464. The van der Waals surface area contributed by atoms with Gasteiger partial charge >= 0.3 is 6.09 Å². The maximum atomic E-state index is 14.0. The monoisotopic (exact) mass is 515 g/mol. The Morgan fingerprint density at radius 2 is 1.56 bits per heavy atom. The van der Waals surface area contributed by atoms with Crippen LogP contribution in [0.1, 0.15) is 65.6 Å². The first kappa shape index (κ1) is 29.2. The van der Waals surface area contributed by atoms with Gasteiger partial charge in [0.15, 0.2) is 0 Å². The van der Waals surface area contributed by atoms with Gasteiger partial charge in [-0.05, 0) is 64.7 Å². The topological polar surface area (TPSA) is 87.7 Å². The van der Waals surface area contributed by atoms with E-state index in [0.717, 1.165) is 5.56 Å². The van der Waals surface area contributed by atoms with Crippen molar-refractivity contribution < 1.29 is 19.1 Å². The highest BCUT2D eigenvalue weighted by molar-refractivity contribution is 6.34. The number of hydrogen-bond acceptors (Lipinski definition) is 4. The van der Waals surface area contributed by atoms with Gasteiger partial charge < -0.3 is 20.3 Å². The molecular weight excluding hydrogens is 478 g/mol. The fourth-order valence-corrected chi connectivity index (χ4v) is 4.11. The van der Waals surface area contributed by atoms with Gasteiger partial charge in [0, 0.05) is 6.04 Å². The summed E-state index contributed by atoms with van der Waals surface area (Å²) in [5.41, 5.74) is 1.22. The van der Waals surface area contributed by atoms with Crippen molar-refractivity contribution in [2.24, 2.45) is 5.92 Å². The van der Waals surface area contributed by atoms with Crippen molar-refractivity contribution in [2.75, 3.05) is 5.32 Å². The standard InChI is InChI=1S/C28H38ClN3O4/c1-17(2)22(31-27(35)36-28(6,7)8)26(34)32(18(3)4)24(20-14-10-9-11-15-20)25(33)30-23-19(5)13-12-16-21(23)29/h9-18,22,24H,1-8H3,(H,30,33)(H,31,35). The minimum atomic E-state index is -0.962. The van der Waals surface area contributed by atoms with Crippen LogP contribution in [0.5, 0.6) is 0 Å². The van der Waals surface area contributed by atoms with Gasteiger partial charge in [0.1, 0.15) is 17.7 Å². The molecule has 0 saturated carbocycles. The van der Waals surface area contributed by atoms with E-state index < -0.39 is 29.7 Å². The molecule has 2 rings (SSSR count). The summed E-state index contributed by atoms with van der Waals surface area (Å²) in [4.78, 5) is 41.9. The van der Waals surface area contributed by atoms with Gasteiger partial charge in [-0.1, -0.05) is 67.9 Å². The molecule has 0 heterocycles. The van der Waals surface area contributed by atoms with Crippen molar-refractivity contribution in [1.82, 2.24) is 10.2 Å². The quantitative estimate of drug-likeness (QED) is 0.443. The van der Waals surface area contributed by atoms with Gasteiger partial charge in [-0.25, -0.2) is 4.79 Å². The highest BCUT2D eigenvalue weighted by atomic mass is 35.5. The van der Waals surface area contributed by atoms with E-state index in [4.69, 9.17) is 16.3 Å². The molecule has 2 unspecified atom stereocenters. The molecule has 36 heavy (non-hydrogen) atoms. The molecule has 2 aromatic rings. The zero-order valence-electron chi connectivity index (χ0n) is 22.4. The predicted octanol–water partition coefficient (Wildman–Crippen LogP) is 6.11. The summed E-state index contributed by atoms with van der Waals surface area (Å²) in [6.07, 6.45) is -0.689. The average molecular weight is 516 g/mol. The number of ether oxygens (including phenoxy) is 1. The van der Waals surface area contributed by atoms with E-state index in [9.17, 15) is 14.4 Å². The van der Waals surface area contributed by atoms with Crippen molar-refractivity contribution in [3.8, 4) is 0 Å². The Labute approximate surface area is 219 Å². The summed E-state index contributed by atoms with van der Waals surface area (Å²) in [5.74, 6) is -1.04. The Kier molecular flexibility index (Phi) is 9.93. The van der Waals surface area contributed by atoms with Crippen LogP contribution in [-0.2, 0) is 14.3 Å². The summed E-state index contributed by atoms with van der Waals surface area (Å²) in [5, 5.41) is 6.05. The van der Waals surface area contributed by atoms with Crippen LogP contribution >= 0.6 is 11.6 Å². The smallest absolute Gasteiger partial charge is 0.408 e. The molecule has 0 fully saturated rings. The first-order valence-corrected chi connectivity index (χ1v) is 12.5. The van der Waals surface area contributed by atoms with Crippen LogP contribution in [0.3, 0.4) is 0 Å². The minimum Gasteiger partial charge on any atom is -0.444 e. The Morgan fingerprint density at radius 1 is 0.944 bits per heavy atom. The lowest BCUT2D eigenvalue weighted by Crippen LogP contribution is -2.56. The Balaban J connectivity index is 2.50. The number of nitrogens with zero attached hydrogens (tertiary/aromatic N) is 1. The molecule has 196 valence electrons. The fourth-order valence-electron chi connectivity index (χ4n) is 3.84. The molecule has 0 spiro atoms. The largest absolute Gasteiger partial charge is 0.444 e. The molecule has 8 heteroatoms. The number of benzene rings is 2. The number of para-hydroxylation sites is 1. The molecule has 2 aromatic carbocycles. The third kappa shape index (κ3) is 7.72. The number of aryl methyl sites for hydroxylation is 1. The van der Waals surface area contributed by atoms with E-state index in [0.29, 0.717) is 16.3 Å². The maximum Gasteiger partial charge on any atom is 0.408 e. The summed E-state index contributed by atoms with van der Waals surface area (Å²) in [6.45, 7) is 14.5. The van der Waals surface area contributed by atoms with E-state index in [2.05, 4.69) is 10.6 Å². The van der Waals surface area contributed by atoms with E-state index in [-0.39, 0.29) is 17.9 Å². The second-order valence-electron chi connectivity index (χ2n) is 10.4. The molecule has 3 amide bonds. The number of carbonyl (C=O) groups is 3. The van der Waals surface area contributed by atoms with Gasteiger partial charge in [-0.2, -0.15) is 0 Å². The second kappa shape index (κ2) is 12.3. The first-order chi connectivity index (χ1) is 16.7. The van der Waals surface area contributed by atoms with Gasteiger partial charge in [-0.3, -0.25) is 9.59 Å². The van der Waals surface area contributed by atoms with Gasteiger partial charge in [0.2, 0.25) is 5.91 Å². The summed E-state index contributed by atoms with van der Waals surface area (Å²) < 4.78 is 5.39. The highest BCUT2D eigenvalue weighted by Gasteiger charge is 2.39. The van der Waals surface area contributed by atoms with E-state index in [1.54, 1.807) is 39.0 Å². The van der Waals surface area contributed by atoms with Crippen LogP contribution in [-0.4, -0.2) is 40.5 Å². The number of hydrogen-bond donors (Lipinski definition) is 2. The Bertz CT molecular complexity index is 1040. The van der Waals surface area contributed by atoms with Crippen molar-refractivity contribution in [1.29, 1.82) is 0 Å². The lowest BCUT2D eigenvalue weighted by Gasteiger charge is -2.38. The van der Waals surface area contributed by atoms with E-state index >= 15 is 0 Å². The van der Waals surface area contributed by atoms with Gasteiger partial charge in [0.25, 0.3) is 5.91 Å². The first-order valence-electron chi connectivity index (χ1n) is 12.2. The molecule has 2 atom stereocenters. The van der Waals surface area contributed by atoms with Crippen molar-refractivity contribution in [2.45, 2.75) is 79.1 Å². The summed E-state index contributed by atoms with van der Waals surface area (Å²) in [7, 11) is 0. The average Bonchev–Trinajstić information content (AvgIpc) is 2.76. The number of halogens is 1. The lowest BCUT2D eigenvalue weighted by atomic mass is 9.97. The molecule has 7 nitrogen and oxygen atoms in total. The van der Waals surface area contributed by atoms with Crippen LogP contribution < -0.4 is 10.6 Å². The molecule has 0 aliphatic heterocycles. The van der Waals surface area contributed by atoms with Crippen molar-refractivity contribution >= 4 is 35.2 Å². The predicted molar refractivity (Wildman–Crippen MR) is 144 cm³/mol. The SMILES string of the molecule is Cc1cccc(Cl)c1NC(=O)C(c1ccccc1)N(C(=O)C(NC(=O)OC(C)(C)C)C(C)C)C(C)C. The third-order valence-electron chi connectivity index (χ3n) is 5.53. The third-order valence-corrected chi connectivity index (χ3v) is 5.84. The minimum absolute atomic E-state index is 0.253. The molecule has 0 aliphatic rings. The Morgan fingerprint density at radius 3 is 2.06 bits per heavy atom. The summed E-state index contributed by atoms with van der Waals surface area (Å²) >= 11 is 6.37. The number of carbonyl (C=O) groups excluding carboxylic acids is 3. The number of nitrogens with one attached hydrogen (secondary N) is 2. The van der Waals surface area contributed by atoms with Crippen LogP contribution in [0.15, 0.2) is 48.5 Å². The zero-order chi connectivity index (χ0) is 27.2. The maximum absolute atomic E-state index is 14.0. The zero-order valence-corrected chi connectivity index (χ0v) is 23.1. The van der Waals surface area contributed by atoms with Crippen molar-refractivity contribution in [3.63, 3.8) is 0 Å². The molecule has 0 aromatic heterocycles. The molecule has 0 radical (unpaired) electrons. The normalized spacial score (nSPS) is 13.2. The molecule has 0 bridgehead atoms. The molecule has 0 saturated heterocycles.